The van der Waals surface area contributed by atoms with E-state index in [0.717, 1.165) is 28.7 Å². The highest BCUT2D eigenvalue weighted by atomic mass is 16.5. The Kier molecular flexibility index (Phi) is 9.70. The zero-order chi connectivity index (χ0) is 27.6. The van der Waals surface area contributed by atoms with Crippen LogP contribution in [0.5, 0.6) is 28.7 Å². The molecule has 0 saturated heterocycles. The fourth-order valence-electron chi connectivity index (χ4n) is 4.56. The van der Waals surface area contributed by atoms with Crippen molar-refractivity contribution >= 4 is 0 Å². The number of methoxy groups -OCH3 is 4. The molecular formula is C33H36O6. The summed E-state index contributed by atoms with van der Waals surface area (Å²) in [6, 6.07) is 27.9. The summed E-state index contributed by atoms with van der Waals surface area (Å²) in [5.41, 5.74) is 4.81. The van der Waals surface area contributed by atoms with E-state index >= 15 is 0 Å². The first kappa shape index (κ1) is 27.9. The van der Waals surface area contributed by atoms with Crippen molar-refractivity contribution in [1.82, 2.24) is 0 Å². The molecule has 0 aromatic heterocycles. The van der Waals surface area contributed by atoms with Gasteiger partial charge in [0.05, 0.1) is 41.2 Å². The topological polar surface area (TPSA) is 55.4 Å². The minimum Gasteiger partial charge on any atom is -0.497 e. The van der Waals surface area contributed by atoms with E-state index in [1.54, 1.807) is 28.4 Å². The Morgan fingerprint density at radius 1 is 0.564 bits per heavy atom. The summed E-state index contributed by atoms with van der Waals surface area (Å²) >= 11 is 0. The van der Waals surface area contributed by atoms with Gasteiger partial charge in [-0.15, -0.1) is 0 Å². The van der Waals surface area contributed by atoms with Crippen LogP contribution in [0.4, 0.5) is 0 Å². The molecule has 6 nitrogen and oxygen atoms in total. The van der Waals surface area contributed by atoms with Crippen molar-refractivity contribution in [3.05, 3.63) is 90.5 Å². The van der Waals surface area contributed by atoms with E-state index in [4.69, 9.17) is 28.4 Å². The molecule has 0 heterocycles. The first-order valence-electron chi connectivity index (χ1n) is 12.9. The van der Waals surface area contributed by atoms with Crippen LogP contribution in [-0.4, -0.2) is 47.8 Å². The van der Waals surface area contributed by atoms with Gasteiger partial charge >= 0.3 is 0 Å². The Balaban J connectivity index is 1.66. The van der Waals surface area contributed by atoms with Crippen molar-refractivity contribution in [2.45, 2.75) is 19.4 Å². The zero-order valence-electron chi connectivity index (χ0n) is 23.2. The fraction of sp³-hybridized carbons (Fsp3) is 0.273. The smallest absolute Gasteiger partial charge is 0.135 e. The average Bonchev–Trinajstić information content (AvgIpc) is 2.99. The van der Waals surface area contributed by atoms with Crippen LogP contribution in [0.3, 0.4) is 0 Å². The van der Waals surface area contributed by atoms with Crippen LogP contribution in [0, 0.1) is 0 Å². The number of hydrogen-bond donors (Lipinski definition) is 0. The fourth-order valence-corrected chi connectivity index (χ4v) is 4.56. The van der Waals surface area contributed by atoms with Crippen LogP contribution in [-0.2, 0) is 11.2 Å². The average molecular weight is 529 g/mol. The molecule has 4 aromatic rings. The normalized spacial score (nSPS) is 11.5. The quantitative estimate of drug-likeness (QED) is 0.173. The molecular weight excluding hydrogens is 492 g/mol. The van der Waals surface area contributed by atoms with Gasteiger partial charge in [-0.3, -0.25) is 0 Å². The van der Waals surface area contributed by atoms with Crippen molar-refractivity contribution in [2.24, 2.45) is 0 Å². The summed E-state index contributed by atoms with van der Waals surface area (Å²) in [6.07, 6.45) is 0.906. The highest BCUT2D eigenvalue weighted by molar-refractivity contribution is 5.87. The van der Waals surface area contributed by atoms with E-state index in [9.17, 15) is 0 Å². The molecule has 4 rings (SSSR count). The Morgan fingerprint density at radius 3 is 1.64 bits per heavy atom. The minimum absolute atomic E-state index is 0.0640. The van der Waals surface area contributed by atoms with Crippen LogP contribution in [0.1, 0.15) is 12.5 Å². The third kappa shape index (κ3) is 6.84. The number of benzene rings is 4. The third-order valence-corrected chi connectivity index (χ3v) is 6.51. The van der Waals surface area contributed by atoms with Gasteiger partial charge in [-0.25, -0.2) is 0 Å². The van der Waals surface area contributed by atoms with Crippen LogP contribution in [0.15, 0.2) is 84.9 Å². The summed E-state index contributed by atoms with van der Waals surface area (Å²) < 4.78 is 34.9. The van der Waals surface area contributed by atoms with Crippen molar-refractivity contribution in [3.63, 3.8) is 0 Å². The van der Waals surface area contributed by atoms with Gasteiger partial charge in [-0.05, 0) is 43.2 Å². The predicted octanol–water partition coefficient (Wildman–Crippen LogP) is 7.08. The summed E-state index contributed by atoms with van der Waals surface area (Å²) in [5, 5.41) is 0. The molecule has 1 unspecified atom stereocenters. The molecule has 0 aliphatic heterocycles. The number of rotatable bonds is 13. The van der Waals surface area contributed by atoms with E-state index in [1.807, 2.05) is 72.8 Å². The molecule has 0 radical (unpaired) electrons. The first-order valence-corrected chi connectivity index (χ1v) is 12.9. The van der Waals surface area contributed by atoms with E-state index < -0.39 is 0 Å². The monoisotopic (exact) mass is 528 g/mol. The highest BCUT2D eigenvalue weighted by Gasteiger charge is 2.20. The number of hydrogen-bond acceptors (Lipinski definition) is 6. The standard InChI is InChI=1S/C33H36O6/c1-23(20-24-10-7-6-8-11-24)38-18-19-39-33-29(27-16-14-25(34-2)21-31(27)36-4)12-9-13-30(33)28-17-15-26(35-3)22-32(28)37-5/h6-17,21-23H,18-20H2,1-5H3. The van der Waals surface area contributed by atoms with E-state index in [-0.39, 0.29) is 6.10 Å². The van der Waals surface area contributed by atoms with Crippen LogP contribution >= 0.6 is 0 Å². The molecule has 0 spiro atoms. The molecule has 39 heavy (non-hydrogen) atoms. The van der Waals surface area contributed by atoms with Crippen molar-refractivity contribution in [1.29, 1.82) is 0 Å². The second-order valence-corrected chi connectivity index (χ2v) is 9.03. The van der Waals surface area contributed by atoms with Gasteiger partial charge in [0.1, 0.15) is 35.4 Å². The lowest BCUT2D eigenvalue weighted by atomic mass is 9.96. The lowest BCUT2D eigenvalue weighted by Crippen LogP contribution is -2.17. The number of ether oxygens (including phenoxy) is 6. The lowest BCUT2D eigenvalue weighted by molar-refractivity contribution is 0.0452. The molecule has 0 aliphatic rings. The Bertz CT molecular complexity index is 1280. The molecule has 1 atom stereocenters. The largest absolute Gasteiger partial charge is 0.497 e. The van der Waals surface area contributed by atoms with Gasteiger partial charge in [-0.1, -0.05) is 48.5 Å². The van der Waals surface area contributed by atoms with Crippen LogP contribution in [0.25, 0.3) is 22.3 Å². The molecule has 0 saturated carbocycles. The maximum Gasteiger partial charge on any atom is 0.135 e. The Morgan fingerprint density at radius 2 is 1.13 bits per heavy atom. The second kappa shape index (κ2) is 13.6. The molecule has 4 aromatic carbocycles. The maximum absolute atomic E-state index is 6.49. The molecule has 6 heteroatoms. The number of para-hydroxylation sites is 1. The lowest BCUT2D eigenvalue weighted by Gasteiger charge is -2.20. The predicted molar refractivity (Wildman–Crippen MR) is 155 cm³/mol. The maximum atomic E-state index is 6.49. The van der Waals surface area contributed by atoms with Gasteiger partial charge in [-0.2, -0.15) is 0 Å². The summed E-state index contributed by atoms with van der Waals surface area (Å²) in [7, 11) is 6.57. The van der Waals surface area contributed by atoms with Crippen molar-refractivity contribution in [3.8, 4) is 51.0 Å². The van der Waals surface area contributed by atoms with Crippen LogP contribution < -0.4 is 23.7 Å². The van der Waals surface area contributed by atoms with E-state index in [2.05, 4.69) is 19.1 Å². The molecule has 0 amide bonds. The Hall–Kier alpha value is -4.16. The van der Waals surface area contributed by atoms with Gasteiger partial charge in [0.25, 0.3) is 0 Å². The molecule has 0 N–H and O–H groups in total. The summed E-state index contributed by atoms with van der Waals surface area (Å²) in [4.78, 5) is 0. The molecule has 204 valence electrons. The van der Waals surface area contributed by atoms with Crippen molar-refractivity contribution < 1.29 is 28.4 Å². The zero-order valence-corrected chi connectivity index (χ0v) is 23.2. The summed E-state index contributed by atoms with van der Waals surface area (Å²) in [5.74, 6) is 3.51. The highest BCUT2D eigenvalue weighted by Crippen LogP contribution is 2.46. The Labute approximate surface area is 231 Å². The third-order valence-electron chi connectivity index (χ3n) is 6.51. The SMILES string of the molecule is COc1ccc(-c2cccc(-c3ccc(OC)cc3OC)c2OCCOC(C)Cc2ccccc2)c(OC)c1. The molecule has 0 bridgehead atoms. The first-order chi connectivity index (χ1) is 19.1. The van der Waals surface area contributed by atoms with Crippen molar-refractivity contribution in [2.75, 3.05) is 41.7 Å². The van der Waals surface area contributed by atoms with Gasteiger partial charge in [0.2, 0.25) is 0 Å². The van der Waals surface area contributed by atoms with Gasteiger partial charge in [0, 0.05) is 34.4 Å². The van der Waals surface area contributed by atoms with Crippen LogP contribution in [0.2, 0.25) is 0 Å². The molecule has 0 aliphatic carbocycles. The van der Waals surface area contributed by atoms with E-state index in [1.165, 1.54) is 5.56 Å². The molecule has 0 fully saturated rings. The van der Waals surface area contributed by atoms with Gasteiger partial charge in [0.15, 0.2) is 0 Å². The van der Waals surface area contributed by atoms with E-state index in [0.29, 0.717) is 42.0 Å². The summed E-state index contributed by atoms with van der Waals surface area (Å²) in [6.45, 7) is 2.90. The second-order valence-electron chi connectivity index (χ2n) is 9.03. The van der Waals surface area contributed by atoms with Gasteiger partial charge < -0.3 is 28.4 Å². The minimum atomic E-state index is 0.0640.